The molecule has 2 aromatic rings. The molecule has 0 unspecified atom stereocenters. The van der Waals surface area contributed by atoms with Gasteiger partial charge in [0.1, 0.15) is 0 Å². The highest BCUT2D eigenvalue weighted by Gasteiger charge is 2.32. The third-order valence-electron chi connectivity index (χ3n) is 5.32. The predicted octanol–water partition coefficient (Wildman–Crippen LogP) is 2.30. The second kappa shape index (κ2) is 9.51. The fourth-order valence-electron chi connectivity index (χ4n) is 3.63. The molecule has 180 valence electrons. The lowest BCUT2D eigenvalue weighted by Crippen LogP contribution is -2.48. The van der Waals surface area contributed by atoms with E-state index in [1.807, 2.05) is 13.8 Å². The quantitative estimate of drug-likeness (QED) is 0.658. The van der Waals surface area contributed by atoms with E-state index in [0.717, 1.165) is 4.31 Å². The van der Waals surface area contributed by atoms with E-state index in [1.54, 1.807) is 19.1 Å². The van der Waals surface area contributed by atoms with Gasteiger partial charge in [0, 0.05) is 38.4 Å². The fraction of sp³-hybridized carbons (Fsp3) is 0.409. The summed E-state index contributed by atoms with van der Waals surface area (Å²) in [4.78, 5) is 12.9. The molecular weight excluding hydrogens is 466 g/mol. The van der Waals surface area contributed by atoms with Gasteiger partial charge in [-0.05, 0) is 56.7 Å². The van der Waals surface area contributed by atoms with Gasteiger partial charge in [-0.3, -0.25) is 4.79 Å². The lowest BCUT2D eigenvalue weighted by Gasteiger charge is -2.34. The van der Waals surface area contributed by atoms with Crippen LogP contribution in [0.5, 0.6) is 0 Å². The number of carbonyl (C=O) groups is 1. The maximum atomic E-state index is 13.1. The van der Waals surface area contributed by atoms with Crippen LogP contribution in [0.2, 0.25) is 0 Å². The molecule has 9 nitrogen and oxygen atoms in total. The molecule has 1 aliphatic rings. The van der Waals surface area contributed by atoms with Crippen LogP contribution in [0, 0.1) is 6.92 Å². The number of hydrogen-bond acceptors (Lipinski definition) is 6. The standard InChI is InChI=1S/C22H29N3O6S2/c1-15-9-10-19(12-21(15)33(29,30)24(4)5)23-22(26)18-7-6-8-20(11-18)32(27,28)25-13-16(2)31-17(3)14-25/h6-12,16-17H,13-14H2,1-5H3,(H,23,26)/t16-,17+. The Balaban J connectivity index is 1.86. The highest BCUT2D eigenvalue weighted by atomic mass is 32.2. The molecule has 0 radical (unpaired) electrons. The molecule has 11 heteroatoms. The summed E-state index contributed by atoms with van der Waals surface area (Å²) in [5, 5.41) is 2.66. The van der Waals surface area contributed by atoms with Gasteiger partial charge in [-0.25, -0.2) is 21.1 Å². The number of carbonyl (C=O) groups excluding carboxylic acids is 1. The molecule has 0 spiro atoms. The summed E-state index contributed by atoms with van der Waals surface area (Å²) in [7, 11) is -4.64. The molecular formula is C22H29N3O6S2. The minimum atomic E-state index is -3.81. The highest BCUT2D eigenvalue weighted by Crippen LogP contribution is 2.24. The molecule has 1 saturated heterocycles. The van der Waals surface area contributed by atoms with E-state index in [2.05, 4.69) is 5.32 Å². The molecule has 2 aromatic carbocycles. The van der Waals surface area contributed by atoms with Gasteiger partial charge in [-0.15, -0.1) is 0 Å². The smallest absolute Gasteiger partial charge is 0.255 e. The normalized spacial score (nSPS) is 20.1. The molecule has 1 amide bonds. The van der Waals surface area contributed by atoms with Crippen molar-refractivity contribution in [1.29, 1.82) is 0 Å². The number of nitrogens with one attached hydrogen (secondary N) is 1. The second-order valence-corrected chi connectivity index (χ2v) is 12.4. The number of morpholine rings is 1. The number of ether oxygens (including phenoxy) is 1. The van der Waals surface area contributed by atoms with Crippen molar-refractivity contribution in [2.24, 2.45) is 0 Å². The average Bonchev–Trinajstić information content (AvgIpc) is 2.74. The van der Waals surface area contributed by atoms with Gasteiger partial charge in [0.25, 0.3) is 5.91 Å². The van der Waals surface area contributed by atoms with Gasteiger partial charge in [0.05, 0.1) is 22.0 Å². The maximum Gasteiger partial charge on any atom is 0.255 e. The van der Waals surface area contributed by atoms with Crippen LogP contribution in [0.15, 0.2) is 52.3 Å². The van der Waals surface area contributed by atoms with E-state index in [-0.39, 0.29) is 46.3 Å². The Morgan fingerprint density at radius 2 is 1.67 bits per heavy atom. The number of hydrogen-bond donors (Lipinski definition) is 1. The number of rotatable bonds is 6. The van der Waals surface area contributed by atoms with E-state index in [1.165, 1.54) is 48.7 Å². The minimum Gasteiger partial charge on any atom is -0.373 e. The molecule has 0 bridgehead atoms. The number of amides is 1. The van der Waals surface area contributed by atoms with Crippen LogP contribution in [0.4, 0.5) is 5.69 Å². The monoisotopic (exact) mass is 495 g/mol. The number of nitrogens with zero attached hydrogens (tertiary/aromatic N) is 2. The number of benzene rings is 2. The SMILES string of the molecule is Cc1ccc(NC(=O)c2cccc(S(=O)(=O)N3C[C@@H](C)O[C@@H](C)C3)c2)cc1S(=O)(=O)N(C)C. The Labute approximate surface area is 195 Å². The van der Waals surface area contributed by atoms with Crippen molar-refractivity contribution >= 4 is 31.6 Å². The second-order valence-electron chi connectivity index (χ2n) is 8.33. The third-order valence-corrected chi connectivity index (χ3v) is 9.11. The zero-order chi connectivity index (χ0) is 24.6. The van der Waals surface area contributed by atoms with Gasteiger partial charge in [0.15, 0.2) is 0 Å². The molecule has 33 heavy (non-hydrogen) atoms. The van der Waals surface area contributed by atoms with Crippen LogP contribution < -0.4 is 5.32 Å². The minimum absolute atomic E-state index is 0.0104. The first-order chi connectivity index (χ1) is 15.3. The van der Waals surface area contributed by atoms with Crippen molar-refractivity contribution in [2.75, 3.05) is 32.5 Å². The van der Waals surface area contributed by atoms with E-state index < -0.39 is 26.0 Å². The zero-order valence-corrected chi connectivity index (χ0v) is 20.9. The fourth-order valence-corrected chi connectivity index (χ4v) is 6.41. The van der Waals surface area contributed by atoms with Crippen LogP contribution in [0.1, 0.15) is 29.8 Å². The van der Waals surface area contributed by atoms with Crippen LogP contribution >= 0.6 is 0 Å². The van der Waals surface area contributed by atoms with Gasteiger partial charge < -0.3 is 10.1 Å². The van der Waals surface area contributed by atoms with Crippen molar-refractivity contribution in [3.8, 4) is 0 Å². The average molecular weight is 496 g/mol. The third kappa shape index (κ3) is 5.44. The van der Waals surface area contributed by atoms with Crippen molar-refractivity contribution in [1.82, 2.24) is 8.61 Å². The first-order valence-corrected chi connectivity index (χ1v) is 13.3. The van der Waals surface area contributed by atoms with Crippen LogP contribution in [-0.2, 0) is 24.8 Å². The van der Waals surface area contributed by atoms with E-state index in [4.69, 9.17) is 4.74 Å². The summed E-state index contributed by atoms with van der Waals surface area (Å²) < 4.78 is 59.4. The molecule has 1 fully saturated rings. The molecule has 0 aromatic heterocycles. The number of anilines is 1. The summed E-state index contributed by atoms with van der Waals surface area (Å²) in [5.74, 6) is -0.548. The topological polar surface area (TPSA) is 113 Å². The first kappa shape index (κ1) is 25.3. The van der Waals surface area contributed by atoms with Crippen LogP contribution in [0.3, 0.4) is 0 Å². The molecule has 1 aliphatic heterocycles. The van der Waals surface area contributed by atoms with E-state index in [9.17, 15) is 21.6 Å². The number of sulfonamides is 2. The predicted molar refractivity (Wildman–Crippen MR) is 125 cm³/mol. The Morgan fingerprint density at radius 1 is 1.03 bits per heavy atom. The lowest BCUT2D eigenvalue weighted by atomic mass is 10.2. The summed E-state index contributed by atoms with van der Waals surface area (Å²) in [5.41, 5.74) is 0.974. The Hall–Kier alpha value is -2.31. The molecule has 1 heterocycles. The molecule has 0 aliphatic carbocycles. The van der Waals surface area contributed by atoms with Gasteiger partial charge >= 0.3 is 0 Å². The maximum absolute atomic E-state index is 13.1. The van der Waals surface area contributed by atoms with Crippen molar-refractivity contribution < 1.29 is 26.4 Å². The molecule has 2 atom stereocenters. The van der Waals surface area contributed by atoms with Gasteiger partial charge in [-0.2, -0.15) is 4.31 Å². The van der Waals surface area contributed by atoms with Gasteiger partial charge in [-0.1, -0.05) is 12.1 Å². The summed E-state index contributed by atoms with van der Waals surface area (Å²) in [6, 6.07) is 10.4. The van der Waals surface area contributed by atoms with E-state index in [0.29, 0.717) is 5.56 Å². The van der Waals surface area contributed by atoms with E-state index >= 15 is 0 Å². The Morgan fingerprint density at radius 3 is 2.27 bits per heavy atom. The summed E-state index contributed by atoms with van der Waals surface area (Å²) >= 11 is 0. The first-order valence-electron chi connectivity index (χ1n) is 10.4. The highest BCUT2D eigenvalue weighted by molar-refractivity contribution is 7.89. The molecule has 3 rings (SSSR count). The molecule has 1 N–H and O–H groups in total. The zero-order valence-electron chi connectivity index (χ0n) is 19.3. The Kier molecular flexibility index (Phi) is 7.30. The van der Waals surface area contributed by atoms with Crippen LogP contribution in [-0.4, -0.2) is 70.7 Å². The lowest BCUT2D eigenvalue weighted by molar-refractivity contribution is -0.0440. The molecule has 0 saturated carbocycles. The van der Waals surface area contributed by atoms with Crippen molar-refractivity contribution in [3.63, 3.8) is 0 Å². The van der Waals surface area contributed by atoms with Crippen molar-refractivity contribution in [3.05, 3.63) is 53.6 Å². The van der Waals surface area contributed by atoms with Gasteiger partial charge in [0.2, 0.25) is 20.0 Å². The number of aryl methyl sites for hydroxylation is 1. The largest absolute Gasteiger partial charge is 0.373 e. The Bertz CT molecular complexity index is 1250. The van der Waals surface area contributed by atoms with Crippen molar-refractivity contribution in [2.45, 2.75) is 42.8 Å². The summed E-state index contributed by atoms with van der Waals surface area (Å²) in [6.07, 6.45) is -0.464. The summed E-state index contributed by atoms with van der Waals surface area (Å²) in [6.45, 7) is 5.76. The van der Waals surface area contributed by atoms with Crippen LogP contribution in [0.25, 0.3) is 0 Å².